The average molecular weight is 307 g/mol. The van der Waals surface area contributed by atoms with Crippen LogP contribution in [0.15, 0.2) is 48.5 Å². The van der Waals surface area contributed by atoms with E-state index in [1.54, 1.807) is 36.4 Å². The van der Waals surface area contributed by atoms with Gasteiger partial charge < -0.3 is 15.6 Å². The topological polar surface area (TPSA) is 96.4 Å². The lowest BCUT2D eigenvalue weighted by molar-refractivity contribution is 0.0697. The highest BCUT2D eigenvalue weighted by atomic mass is 35.5. The molecule has 0 saturated carbocycles. The minimum atomic E-state index is -0.952. The normalized spacial score (nSPS) is 9.52. The molecule has 0 aliphatic heterocycles. The number of amidine groups is 1. The summed E-state index contributed by atoms with van der Waals surface area (Å²) in [6.45, 7) is 0.321. The fraction of sp³-hybridized carbons (Fsp3) is 0.0667. The van der Waals surface area contributed by atoms with Crippen LogP contribution in [0.4, 0.5) is 0 Å². The Morgan fingerprint density at radius 1 is 1.14 bits per heavy atom. The molecular formula is C15H15ClN2O3. The Morgan fingerprint density at radius 3 is 2.38 bits per heavy atom. The number of carbonyl (C=O) groups is 1. The highest BCUT2D eigenvalue weighted by Crippen LogP contribution is 2.15. The van der Waals surface area contributed by atoms with Crippen LogP contribution in [0.5, 0.6) is 5.75 Å². The van der Waals surface area contributed by atoms with Crippen molar-refractivity contribution in [2.24, 2.45) is 5.73 Å². The molecule has 0 aromatic heterocycles. The van der Waals surface area contributed by atoms with Crippen molar-refractivity contribution in [2.75, 3.05) is 0 Å². The zero-order valence-corrected chi connectivity index (χ0v) is 11.9. The molecule has 0 aliphatic carbocycles. The van der Waals surface area contributed by atoms with Crippen molar-refractivity contribution in [2.45, 2.75) is 6.61 Å². The maximum atomic E-state index is 10.7. The largest absolute Gasteiger partial charge is 0.489 e. The number of benzene rings is 2. The number of ether oxygens (including phenoxy) is 1. The molecule has 0 unspecified atom stereocenters. The molecule has 2 aromatic rings. The first-order valence-electron chi connectivity index (χ1n) is 5.96. The molecule has 2 rings (SSSR count). The van der Waals surface area contributed by atoms with Gasteiger partial charge in [-0.1, -0.05) is 24.3 Å². The van der Waals surface area contributed by atoms with E-state index >= 15 is 0 Å². The van der Waals surface area contributed by atoms with Crippen LogP contribution in [0.1, 0.15) is 21.5 Å². The van der Waals surface area contributed by atoms with Crippen LogP contribution in [-0.2, 0) is 6.61 Å². The van der Waals surface area contributed by atoms with E-state index in [9.17, 15) is 4.79 Å². The van der Waals surface area contributed by atoms with E-state index in [1.165, 1.54) is 12.1 Å². The lowest BCUT2D eigenvalue weighted by atomic mass is 10.1. The monoisotopic (exact) mass is 306 g/mol. The maximum Gasteiger partial charge on any atom is 0.335 e. The summed E-state index contributed by atoms with van der Waals surface area (Å²) in [5.74, 6) is -0.354. The second-order valence-corrected chi connectivity index (χ2v) is 4.23. The third kappa shape index (κ3) is 4.50. The molecule has 2 aromatic carbocycles. The van der Waals surface area contributed by atoms with Gasteiger partial charge in [0.15, 0.2) is 0 Å². The minimum Gasteiger partial charge on any atom is -0.489 e. The summed E-state index contributed by atoms with van der Waals surface area (Å²) >= 11 is 0. The number of carboxylic acids is 1. The molecule has 0 fully saturated rings. The van der Waals surface area contributed by atoms with Crippen molar-refractivity contribution in [1.29, 1.82) is 5.41 Å². The van der Waals surface area contributed by atoms with E-state index in [4.69, 9.17) is 21.0 Å². The summed E-state index contributed by atoms with van der Waals surface area (Å²) in [5, 5.41) is 16.2. The number of nitrogens with one attached hydrogen (secondary N) is 1. The first-order chi connectivity index (χ1) is 9.56. The quantitative estimate of drug-likeness (QED) is 0.584. The van der Waals surface area contributed by atoms with Crippen molar-refractivity contribution >= 4 is 24.2 Å². The molecule has 21 heavy (non-hydrogen) atoms. The maximum absolute atomic E-state index is 10.7. The van der Waals surface area contributed by atoms with Gasteiger partial charge in [-0.2, -0.15) is 0 Å². The summed E-state index contributed by atoms with van der Waals surface area (Å²) in [5.41, 5.74) is 7.11. The van der Waals surface area contributed by atoms with Crippen molar-refractivity contribution in [3.05, 3.63) is 65.2 Å². The van der Waals surface area contributed by atoms with E-state index < -0.39 is 5.97 Å². The van der Waals surface area contributed by atoms with E-state index in [2.05, 4.69) is 0 Å². The Hall–Kier alpha value is -2.53. The van der Waals surface area contributed by atoms with Crippen molar-refractivity contribution in [3.8, 4) is 5.75 Å². The molecule has 0 spiro atoms. The van der Waals surface area contributed by atoms with Gasteiger partial charge in [-0.15, -0.1) is 12.4 Å². The minimum absolute atomic E-state index is 0. The Labute approximate surface area is 128 Å². The van der Waals surface area contributed by atoms with Crippen LogP contribution in [0.25, 0.3) is 0 Å². The number of hydrogen-bond acceptors (Lipinski definition) is 3. The van der Waals surface area contributed by atoms with Gasteiger partial charge in [0.05, 0.1) is 5.56 Å². The van der Waals surface area contributed by atoms with Gasteiger partial charge in [0, 0.05) is 5.56 Å². The molecule has 0 aliphatic rings. The Balaban J connectivity index is 0.00000220. The molecule has 0 amide bonds. The molecule has 0 atom stereocenters. The lowest BCUT2D eigenvalue weighted by Crippen LogP contribution is -2.10. The summed E-state index contributed by atoms with van der Waals surface area (Å²) in [7, 11) is 0. The molecule has 0 heterocycles. The fourth-order valence-electron chi connectivity index (χ4n) is 1.66. The predicted molar refractivity (Wildman–Crippen MR) is 82.4 cm³/mol. The number of rotatable bonds is 5. The zero-order valence-electron chi connectivity index (χ0n) is 11.1. The van der Waals surface area contributed by atoms with Crippen molar-refractivity contribution in [3.63, 3.8) is 0 Å². The van der Waals surface area contributed by atoms with Crippen molar-refractivity contribution < 1.29 is 14.6 Å². The van der Waals surface area contributed by atoms with E-state index in [-0.39, 0.29) is 23.8 Å². The standard InChI is InChI=1S/C15H14N2O3.ClH/c16-14(17)12-2-1-3-13(8-12)20-9-10-4-6-11(7-5-10)15(18)19;/h1-8H,9H2,(H3,16,17)(H,18,19);1H. The third-order valence-electron chi connectivity index (χ3n) is 2.75. The van der Waals surface area contributed by atoms with Crippen LogP contribution < -0.4 is 10.5 Å². The Bertz CT molecular complexity index is 642. The molecule has 5 nitrogen and oxygen atoms in total. The van der Waals surface area contributed by atoms with Crippen LogP contribution in [0, 0.1) is 5.41 Å². The molecule has 0 saturated heterocycles. The van der Waals surface area contributed by atoms with E-state index in [0.29, 0.717) is 17.9 Å². The van der Waals surface area contributed by atoms with Crippen LogP contribution in [0.2, 0.25) is 0 Å². The van der Waals surface area contributed by atoms with Gasteiger partial charge in [0.2, 0.25) is 0 Å². The smallest absolute Gasteiger partial charge is 0.335 e. The molecule has 6 heteroatoms. The lowest BCUT2D eigenvalue weighted by Gasteiger charge is -2.08. The van der Waals surface area contributed by atoms with E-state index in [0.717, 1.165) is 5.56 Å². The van der Waals surface area contributed by atoms with Gasteiger partial charge in [0.1, 0.15) is 18.2 Å². The zero-order chi connectivity index (χ0) is 14.5. The van der Waals surface area contributed by atoms with Crippen LogP contribution in [-0.4, -0.2) is 16.9 Å². The highest BCUT2D eigenvalue weighted by molar-refractivity contribution is 5.95. The third-order valence-corrected chi connectivity index (χ3v) is 2.75. The van der Waals surface area contributed by atoms with Crippen LogP contribution >= 0.6 is 12.4 Å². The molecule has 4 N–H and O–H groups in total. The summed E-state index contributed by atoms with van der Waals surface area (Å²) < 4.78 is 5.58. The molecule has 110 valence electrons. The number of hydrogen-bond donors (Lipinski definition) is 3. The fourth-order valence-corrected chi connectivity index (χ4v) is 1.66. The average Bonchev–Trinajstić information content (AvgIpc) is 2.46. The van der Waals surface area contributed by atoms with Crippen LogP contribution in [0.3, 0.4) is 0 Å². The highest BCUT2D eigenvalue weighted by Gasteiger charge is 2.03. The van der Waals surface area contributed by atoms with Gasteiger partial charge in [0.25, 0.3) is 0 Å². The van der Waals surface area contributed by atoms with E-state index in [1.807, 2.05) is 0 Å². The molecule has 0 radical (unpaired) electrons. The Kier molecular flexibility index (Phi) is 5.75. The number of nitrogen functional groups attached to an aromatic ring is 1. The summed E-state index contributed by atoms with van der Waals surface area (Å²) in [6.07, 6.45) is 0. The number of carboxylic acid groups (broad SMARTS) is 1. The van der Waals surface area contributed by atoms with Crippen molar-refractivity contribution in [1.82, 2.24) is 0 Å². The second-order valence-electron chi connectivity index (χ2n) is 4.23. The summed E-state index contributed by atoms with van der Waals surface area (Å²) in [4.78, 5) is 10.7. The Morgan fingerprint density at radius 2 is 1.81 bits per heavy atom. The SMILES string of the molecule is Cl.N=C(N)c1cccc(OCc2ccc(C(=O)O)cc2)c1. The van der Waals surface area contributed by atoms with Gasteiger partial charge in [-0.05, 0) is 29.8 Å². The molecular weight excluding hydrogens is 292 g/mol. The number of halogens is 1. The number of nitrogens with two attached hydrogens (primary N) is 1. The van der Waals surface area contributed by atoms with Gasteiger partial charge in [-0.3, -0.25) is 5.41 Å². The second kappa shape index (κ2) is 7.31. The van der Waals surface area contributed by atoms with Gasteiger partial charge >= 0.3 is 5.97 Å². The summed E-state index contributed by atoms with van der Waals surface area (Å²) in [6, 6.07) is 13.4. The molecule has 0 bridgehead atoms. The first kappa shape index (κ1) is 16.5. The van der Waals surface area contributed by atoms with Gasteiger partial charge in [-0.25, -0.2) is 4.79 Å². The predicted octanol–water partition coefficient (Wildman–Crippen LogP) is 2.67. The number of aromatic carboxylic acids is 1. The first-order valence-corrected chi connectivity index (χ1v) is 5.96.